The van der Waals surface area contributed by atoms with E-state index in [9.17, 15) is 0 Å². The van der Waals surface area contributed by atoms with Crippen molar-refractivity contribution in [2.45, 2.75) is 5.60 Å². The van der Waals surface area contributed by atoms with Gasteiger partial charge in [0.15, 0.2) is 0 Å². The molecule has 0 amide bonds. The summed E-state index contributed by atoms with van der Waals surface area (Å²) >= 11 is 0. The lowest BCUT2D eigenvalue weighted by Gasteiger charge is -2.23. The van der Waals surface area contributed by atoms with Crippen molar-refractivity contribution in [3.8, 4) is 12.3 Å². The van der Waals surface area contributed by atoms with Gasteiger partial charge in [-0.15, -0.1) is 6.42 Å². The Balaban J connectivity index is 2.26. The topological polar surface area (TPSA) is 27.8 Å². The SMILES string of the molecule is C#C[C@H](CN(C)C)C1(c2cccc(NC=C)c2)CO1. The van der Waals surface area contributed by atoms with Crippen LogP contribution >= 0.6 is 0 Å². The zero-order valence-electron chi connectivity index (χ0n) is 11.5. The summed E-state index contributed by atoms with van der Waals surface area (Å²) in [6.07, 6.45) is 7.36. The molecule has 0 radical (unpaired) electrons. The van der Waals surface area contributed by atoms with Crippen LogP contribution in [0.5, 0.6) is 0 Å². The van der Waals surface area contributed by atoms with Crippen LogP contribution in [0, 0.1) is 18.3 Å². The molecule has 1 heterocycles. The molecular weight excluding hydrogens is 236 g/mol. The van der Waals surface area contributed by atoms with Crippen LogP contribution in [0.25, 0.3) is 0 Å². The summed E-state index contributed by atoms with van der Waals surface area (Å²) in [7, 11) is 4.05. The summed E-state index contributed by atoms with van der Waals surface area (Å²) in [5.41, 5.74) is 1.81. The molecule has 0 saturated carbocycles. The van der Waals surface area contributed by atoms with Crippen molar-refractivity contribution < 1.29 is 4.74 Å². The first-order valence-electron chi connectivity index (χ1n) is 6.35. The fourth-order valence-electron chi connectivity index (χ4n) is 2.34. The van der Waals surface area contributed by atoms with Gasteiger partial charge in [0, 0.05) is 12.2 Å². The molecule has 3 nitrogen and oxygen atoms in total. The molecule has 0 aliphatic carbocycles. The Kier molecular flexibility index (Phi) is 3.94. The van der Waals surface area contributed by atoms with E-state index in [-0.39, 0.29) is 11.5 Å². The highest BCUT2D eigenvalue weighted by Crippen LogP contribution is 2.46. The van der Waals surface area contributed by atoms with E-state index in [2.05, 4.69) is 34.8 Å². The molecular formula is C16H20N2O. The monoisotopic (exact) mass is 256 g/mol. The number of anilines is 1. The molecule has 0 bridgehead atoms. The number of hydrogen-bond acceptors (Lipinski definition) is 3. The van der Waals surface area contributed by atoms with Gasteiger partial charge in [-0.25, -0.2) is 0 Å². The zero-order chi connectivity index (χ0) is 13.9. The van der Waals surface area contributed by atoms with Crippen LogP contribution < -0.4 is 5.32 Å². The Labute approximate surface area is 115 Å². The Morgan fingerprint density at radius 2 is 2.37 bits per heavy atom. The Hall–Kier alpha value is -1.76. The maximum atomic E-state index is 5.75. The number of rotatable bonds is 6. The van der Waals surface area contributed by atoms with Gasteiger partial charge in [0.2, 0.25) is 0 Å². The first kappa shape index (κ1) is 13.7. The largest absolute Gasteiger partial charge is 0.363 e. The average molecular weight is 256 g/mol. The second kappa shape index (κ2) is 5.48. The minimum absolute atomic E-state index is 0.0569. The first-order valence-corrected chi connectivity index (χ1v) is 6.35. The lowest BCUT2D eigenvalue weighted by molar-refractivity contribution is 0.217. The second-order valence-electron chi connectivity index (χ2n) is 5.09. The van der Waals surface area contributed by atoms with E-state index in [1.54, 1.807) is 6.20 Å². The number of ether oxygens (including phenoxy) is 1. The number of epoxide rings is 1. The van der Waals surface area contributed by atoms with Crippen LogP contribution in [0.15, 0.2) is 37.0 Å². The molecule has 1 unspecified atom stereocenters. The summed E-state index contributed by atoms with van der Waals surface area (Å²) in [5, 5.41) is 3.09. The number of benzene rings is 1. The van der Waals surface area contributed by atoms with Crippen molar-refractivity contribution >= 4 is 5.69 Å². The van der Waals surface area contributed by atoms with Crippen LogP contribution in [0.2, 0.25) is 0 Å². The van der Waals surface area contributed by atoms with Gasteiger partial charge < -0.3 is 15.0 Å². The van der Waals surface area contributed by atoms with E-state index >= 15 is 0 Å². The molecule has 100 valence electrons. The van der Waals surface area contributed by atoms with Gasteiger partial charge >= 0.3 is 0 Å². The van der Waals surface area contributed by atoms with E-state index in [1.165, 1.54) is 0 Å². The predicted molar refractivity (Wildman–Crippen MR) is 78.8 cm³/mol. The molecule has 1 aromatic rings. The molecule has 1 fully saturated rings. The molecule has 1 aliphatic rings. The first-order chi connectivity index (χ1) is 9.12. The molecule has 2 atom stereocenters. The van der Waals surface area contributed by atoms with Gasteiger partial charge in [0.25, 0.3) is 0 Å². The van der Waals surface area contributed by atoms with Crippen LogP contribution in [-0.2, 0) is 10.3 Å². The smallest absolute Gasteiger partial charge is 0.131 e. The van der Waals surface area contributed by atoms with Crippen molar-refractivity contribution in [3.05, 3.63) is 42.6 Å². The zero-order valence-corrected chi connectivity index (χ0v) is 11.5. The van der Waals surface area contributed by atoms with Gasteiger partial charge in [-0.3, -0.25) is 0 Å². The van der Waals surface area contributed by atoms with E-state index in [1.807, 2.05) is 26.2 Å². The fraction of sp³-hybridized carbons (Fsp3) is 0.375. The number of nitrogens with one attached hydrogen (secondary N) is 1. The fourth-order valence-corrected chi connectivity index (χ4v) is 2.34. The molecule has 1 aromatic carbocycles. The molecule has 1 saturated heterocycles. The van der Waals surface area contributed by atoms with Gasteiger partial charge in [0.1, 0.15) is 5.60 Å². The van der Waals surface area contributed by atoms with Gasteiger partial charge in [-0.1, -0.05) is 24.6 Å². The summed E-state index contributed by atoms with van der Waals surface area (Å²) in [4.78, 5) is 2.10. The molecule has 1 aliphatic heterocycles. The highest BCUT2D eigenvalue weighted by molar-refractivity contribution is 5.50. The highest BCUT2D eigenvalue weighted by Gasteiger charge is 2.52. The van der Waals surface area contributed by atoms with Crippen molar-refractivity contribution in [2.24, 2.45) is 5.92 Å². The number of nitrogens with zero attached hydrogens (tertiary/aromatic N) is 1. The Morgan fingerprint density at radius 1 is 1.63 bits per heavy atom. The minimum Gasteiger partial charge on any atom is -0.363 e. The third-order valence-corrected chi connectivity index (χ3v) is 3.39. The average Bonchev–Trinajstić information content (AvgIpc) is 3.18. The van der Waals surface area contributed by atoms with Gasteiger partial charge in [-0.05, 0) is 38.0 Å². The molecule has 1 N–H and O–H groups in total. The van der Waals surface area contributed by atoms with Crippen LogP contribution in [-0.4, -0.2) is 32.1 Å². The maximum Gasteiger partial charge on any atom is 0.131 e. The summed E-state index contributed by atoms with van der Waals surface area (Å²) in [6, 6.07) is 8.15. The van der Waals surface area contributed by atoms with Crippen molar-refractivity contribution in [2.75, 3.05) is 32.6 Å². The Morgan fingerprint density at radius 3 is 2.89 bits per heavy atom. The summed E-state index contributed by atoms with van der Waals surface area (Å²) in [6.45, 7) is 5.18. The van der Waals surface area contributed by atoms with Crippen LogP contribution in [0.1, 0.15) is 5.56 Å². The van der Waals surface area contributed by atoms with E-state index < -0.39 is 0 Å². The summed E-state index contributed by atoms with van der Waals surface area (Å²) in [5.74, 6) is 2.94. The number of terminal acetylenes is 1. The highest BCUT2D eigenvalue weighted by atomic mass is 16.6. The lowest BCUT2D eigenvalue weighted by atomic mass is 9.86. The van der Waals surface area contributed by atoms with E-state index in [4.69, 9.17) is 11.2 Å². The van der Waals surface area contributed by atoms with Crippen LogP contribution in [0.3, 0.4) is 0 Å². The van der Waals surface area contributed by atoms with Gasteiger partial charge in [-0.2, -0.15) is 0 Å². The Bertz CT molecular complexity index is 498. The van der Waals surface area contributed by atoms with Crippen molar-refractivity contribution in [3.63, 3.8) is 0 Å². The standard InChI is InChI=1S/C16H20N2O/c1-5-13(11-18(3)4)16(12-19-16)14-8-7-9-15(10-14)17-6-2/h1,6-10,13,17H,2,11-12H2,3-4H3/t13-,16?/m1/s1. The second-order valence-corrected chi connectivity index (χ2v) is 5.09. The number of hydrogen-bond donors (Lipinski definition) is 1. The molecule has 2 rings (SSSR count). The summed E-state index contributed by atoms with van der Waals surface area (Å²) < 4.78 is 5.75. The van der Waals surface area contributed by atoms with Crippen molar-refractivity contribution in [1.82, 2.24) is 4.90 Å². The third-order valence-electron chi connectivity index (χ3n) is 3.39. The van der Waals surface area contributed by atoms with Gasteiger partial charge in [0.05, 0.1) is 12.5 Å². The quantitative estimate of drug-likeness (QED) is 0.625. The molecule has 19 heavy (non-hydrogen) atoms. The lowest BCUT2D eigenvalue weighted by Crippen LogP contribution is -2.31. The van der Waals surface area contributed by atoms with Crippen molar-refractivity contribution in [1.29, 1.82) is 0 Å². The third kappa shape index (κ3) is 2.81. The van der Waals surface area contributed by atoms with E-state index in [0.717, 1.165) is 17.8 Å². The van der Waals surface area contributed by atoms with E-state index in [0.29, 0.717) is 6.61 Å². The van der Waals surface area contributed by atoms with Crippen LogP contribution in [0.4, 0.5) is 5.69 Å². The predicted octanol–water partition coefficient (Wildman–Crippen LogP) is 2.28. The molecule has 0 aromatic heterocycles. The molecule has 3 heteroatoms. The molecule has 0 spiro atoms. The maximum absolute atomic E-state index is 5.75. The minimum atomic E-state index is -0.322. The normalized spacial score (nSPS) is 22.6.